The van der Waals surface area contributed by atoms with E-state index in [4.69, 9.17) is 9.47 Å². The lowest BCUT2D eigenvalue weighted by molar-refractivity contribution is -0.121. The highest BCUT2D eigenvalue weighted by molar-refractivity contribution is 7.89. The summed E-state index contributed by atoms with van der Waals surface area (Å²) < 4.78 is 37.6. The van der Waals surface area contributed by atoms with Crippen LogP contribution in [0, 0.1) is 6.92 Å². The van der Waals surface area contributed by atoms with Crippen LogP contribution in [0.3, 0.4) is 0 Å². The second-order valence-corrected chi connectivity index (χ2v) is 9.54. The van der Waals surface area contributed by atoms with Gasteiger partial charge >= 0.3 is 0 Å². The highest BCUT2D eigenvalue weighted by atomic mass is 32.2. The van der Waals surface area contributed by atoms with Crippen LogP contribution in [-0.2, 0) is 21.4 Å². The first-order chi connectivity index (χ1) is 16.3. The molecular weight excluding hydrogens is 454 g/mol. The molecule has 8 nitrogen and oxygen atoms in total. The quantitative estimate of drug-likeness (QED) is 0.354. The SMILES string of the molecule is COc1ccc(S(=O)(=O)N(C)CC(=O)N/N=C/c2ccccc2OCc2ccccc2)cc1C. The smallest absolute Gasteiger partial charge is 0.255 e. The number of aryl methyl sites for hydroxylation is 1. The van der Waals surface area contributed by atoms with Crippen molar-refractivity contribution < 1.29 is 22.7 Å². The van der Waals surface area contributed by atoms with Crippen LogP contribution in [0.15, 0.2) is 82.8 Å². The molecule has 0 bridgehead atoms. The molecular formula is C25H27N3O5S. The van der Waals surface area contributed by atoms with Crippen molar-refractivity contribution in [3.05, 3.63) is 89.5 Å². The molecule has 9 heteroatoms. The molecule has 3 rings (SSSR count). The van der Waals surface area contributed by atoms with Gasteiger partial charge in [0.15, 0.2) is 0 Å². The van der Waals surface area contributed by atoms with Crippen molar-refractivity contribution >= 4 is 22.1 Å². The number of rotatable bonds is 10. The van der Waals surface area contributed by atoms with Gasteiger partial charge in [-0.1, -0.05) is 42.5 Å². The Morgan fingerprint density at radius 3 is 2.44 bits per heavy atom. The van der Waals surface area contributed by atoms with Crippen molar-refractivity contribution in [3.8, 4) is 11.5 Å². The largest absolute Gasteiger partial charge is 0.496 e. The van der Waals surface area contributed by atoms with Gasteiger partial charge in [-0.25, -0.2) is 13.8 Å². The lowest BCUT2D eigenvalue weighted by Crippen LogP contribution is -2.36. The number of carbonyl (C=O) groups is 1. The average molecular weight is 482 g/mol. The number of ether oxygens (including phenoxy) is 2. The minimum absolute atomic E-state index is 0.0779. The fraction of sp³-hybridized carbons (Fsp3) is 0.200. The summed E-state index contributed by atoms with van der Waals surface area (Å²) in [5.74, 6) is 0.621. The molecule has 178 valence electrons. The molecule has 3 aromatic rings. The number of amides is 1. The number of methoxy groups -OCH3 is 1. The van der Waals surface area contributed by atoms with Gasteiger partial charge in [-0.05, 0) is 48.4 Å². The third kappa shape index (κ3) is 6.43. The van der Waals surface area contributed by atoms with E-state index in [1.54, 1.807) is 19.1 Å². The lowest BCUT2D eigenvalue weighted by atomic mass is 10.2. The van der Waals surface area contributed by atoms with Gasteiger partial charge in [0.2, 0.25) is 10.0 Å². The summed E-state index contributed by atoms with van der Waals surface area (Å²) in [6.07, 6.45) is 1.46. The van der Waals surface area contributed by atoms with E-state index in [1.807, 2.05) is 48.5 Å². The minimum atomic E-state index is -3.85. The van der Waals surface area contributed by atoms with E-state index >= 15 is 0 Å². The number of benzene rings is 3. The molecule has 0 unspecified atom stereocenters. The van der Waals surface area contributed by atoms with Gasteiger partial charge < -0.3 is 9.47 Å². The van der Waals surface area contributed by atoms with Gasteiger partial charge in [-0.15, -0.1) is 0 Å². The van der Waals surface area contributed by atoms with Crippen LogP contribution in [0.25, 0.3) is 0 Å². The molecule has 0 aliphatic heterocycles. The van der Waals surface area contributed by atoms with Crippen LogP contribution < -0.4 is 14.9 Å². The van der Waals surface area contributed by atoms with Gasteiger partial charge in [0.05, 0.1) is 24.8 Å². The molecule has 0 heterocycles. The molecule has 1 N–H and O–H groups in total. The van der Waals surface area contributed by atoms with Crippen molar-refractivity contribution in [1.82, 2.24) is 9.73 Å². The number of nitrogens with one attached hydrogen (secondary N) is 1. The molecule has 1 amide bonds. The summed E-state index contributed by atoms with van der Waals surface area (Å²) in [5, 5.41) is 3.96. The van der Waals surface area contributed by atoms with E-state index in [9.17, 15) is 13.2 Å². The molecule has 34 heavy (non-hydrogen) atoms. The van der Waals surface area contributed by atoms with Gasteiger partial charge in [0, 0.05) is 12.6 Å². The zero-order chi connectivity index (χ0) is 24.6. The highest BCUT2D eigenvalue weighted by Gasteiger charge is 2.23. The number of hydrogen-bond donors (Lipinski definition) is 1. The first-order valence-corrected chi connectivity index (χ1v) is 11.9. The van der Waals surface area contributed by atoms with Gasteiger partial charge in [0.1, 0.15) is 18.1 Å². The molecule has 0 saturated heterocycles. The summed E-state index contributed by atoms with van der Waals surface area (Å²) >= 11 is 0. The third-order valence-electron chi connectivity index (χ3n) is 4.99. The summed E-state index contributed by atoms with van der Waals surface area (Å²) in [4.78, 5) is 12.4. The van der Waals surface area contributed by atoms with Crippen molar-refractivity contribution in [1.29, 1.82) is 0 Å². The Bertz CT molecular complexity index is 1260. The Balaban J connectivity index is 1.59. The van der Waals surface area contributed by atoms with Crippen LogP contribution in [0.2, 0.25) is 0 Å². The van der Waals surface area contributed by atoms with Gasteiger partial charge in [-0.3, -0.25) is 4.79 Å². The molecule has 0 atom stereocenters. The topological polar surface area (TPSA) is 97.3 Å². The Hall–Kier alpha value is -3.69. The fourth-order valence-electron chi connectivity index (χ4n) is 3.14. The number of hydrazone groups is 1. The maximum atomic E-state index is 12.8. The molecule has 0 aliphatic carbocycles. The zero-order valence-electron chi connectivity index (χ0n) is 19.3. The number of carbonyl (C=O) groups excluding carboxylic acids is 1. The van der Waals surface area contributed by atoms with E-state index < -0.39 is 22.5 Å². The summed E-state index contributed by atoms with van der Waals surface area (Å²) in [5.41, 5.74) is 4.75. The first-order valence-electron chi connectivity index (χ1n) is 10.5. The molecule has 0 fully saturated rings. The number of para-hydroxylation sites is 1. The van der Waals surface area contributed by atoms with Crippen LogP contribution in [0.4, 0.5) is 0 Å². The van der Waals surface area contributed by atoms with Gasteiger partial charge in [-0.2, -0.15) is 9.41 Å². The Morgan fingerprint density at radius 1 is 1.03 bits per heavy atom. The number of sulfonamides is 1. The monoisotopic (exact) mass is 481 g/mol. The summed E-state index contributed by atoms with van der Waals surface area (Å²) in [6.45, 7) is 1.75. The number of hydrogen-bond acceptors (Lipinski definition) is 6. The first kappa shape index (κ1) is 24.9. The predicted molar refractivity (Wildman–Crippen MR) is 130 cm³/mol. The van der Waals surface area contributed by atoms with E-state index in [2.05, 4.69) is 10.5 Å². The normalized spacial score (nSPS) is 11.5. The number of nitrogens with zero attached hydrogens (tertiary/aromatic N) is 2. The lowest BCUT2D eigenvalue weighted by Gasteiger charge is -2.17. The second-order valence-electron chi connectivity index (χ2n) is 7.50. The van der Waals surface area contributed by atoms with Crippen molar-refractivity contribution in [2.75, 3.05) is 20.7 Å². The molecule has 0 radical (unpaired) electrons. The summed E-state index contributed by atoms with van der Waals surface area (Å²) in [6, 6.07) is 21.6. The number of likely N-dealkylation sites (N-methyl/N-ethyl adjacent to an activating group) is 1. The maximum absolute atomic E-state index is 12.8. The average Bonchev–Trinajstić information content (AvgIpc) is 2.84. The van der Waals surface area contributed by atoms with Crippen molar-refractivity contribution in [3.63, 3.8) is 0 Å². The van der Waals surface area contributed by atoms with Crippen LogP contribution in [0.5, 0.6) is 11.5 Å². The molecule has 0 spiro atoms. The van der Waals surface area contributed by atoms with Crippen LogP contribution in [-0.4, -0.2) is 45.5 Å². The van der Waals surface area contributed by atoms with E-state index in [0.717, 1.165) is 9.87 Å². The minimum Gasteiger partial charge on any atom is -0.496 e. The van der Waals surface area contributed by atoms with E-state index in [-0.39, 0.29) is 4.90 Å². The molecule has 3 aromatic carbocycles. The zero-order valence-corrected chi connectivity index (χ0v) is 20.1. The van der Waals surface area contributed by atoms with E-state index in [1.165, 1.54) is 32.5 Å². The molecule has 0 saturated carbocycles. The Kier molecular flexibility index (Phi) is 8.39. The standard InChI is InChI=1S/C25H27N3O5S/c1-19-15-22(13-14-23(19)32-3)34(30,31)28(2)17-25(29)27-26-16-21-11-7-8-12-24(21)33-18-20-9-5-4-6-10-20/h4-16H,17-18H2,1-3H3,(H,27,29)/b26-16+. The Labute approximate surface area is 199 Å². The molecule has 0 aromatic heterocycles. The predicted octanol–water partition coefficient (Wildman–Crippen LogP) is 3.35. The van der Waals surface area contributed by atoms with E-state index in [0.29, 0.717) is 29.2 Å². The van der Waals surface area contributed by atoms with Crippen molar-refractivity contribution in [2.45, 2.75) is 18.4 Å². The second kappa shape index (κ2) is 11.4. The molecule has 0 aliphatic rings. The van der Waals surface area contributed by atoms with Crippen LogP contribution >= 0.6 is 0 Å². The van der Waals surface area contributed by atoms with Crippen molar-refractivity contribution in [2.24, 2.45) is 5.10 Å². The Morgan fingerprint density at radius 2 is 1.74 bits per heavy atom. The highest BCUT2D eigenvalue weighted by Crippen LogP contribution is 2.23. The van der Waals surface area contributed by atoms with Gasteiger partial charge in [0.25, 0.3) is 5.91 Å². The fourth-order valence-corrected chi connectivity index (χ4v) is 4.35. The summed E-state index contributed by atoms with van der Waals surface area (Å²) in [7, 11) is -1.00. The third-order valence-corrected chi connectivity index (χ3v) is 6.79. The van der Waals surface area contributed by atoms with Crippen LogP contribution in [0.1, 0.15) is 16.7 Å². The maximum Gasteiger partial charge on any atom is 0.255 e.